The smallest absolute Gasteiger partial charge is 0.287 e. The molecular weight excluding hydrogens is 409 g/mol. The number of nitrogens with zero attached hydrogens (tertiary/aromatic N) is 2. The summed E-state index contributed by atoms with van der Waals surface area (Å²) in [6.07, 6.45) is -5.02. The average Bonchev–Trinajstić information content (AvgIpc) is 2.99. The molecule has 9 nitrogen and oxygen atoms in total. The summed E-state index contributed by atoms with van der Waals surface area (Å²) in [5.74, 6) is -2.28. The second-order valence-electron chi connectivity index (χ2n) is 6.27. The lowest BCUT2D eigenvalue weighted by atomic mass is 10.2. The van der Waals surface area contributed by atoms with Crippen LogP contribution in [0.4, 0.5) is 24.5 Å². The van der Waals surface area contributed by atoms with Crippen LogP contribution < -0.4 is 15.8 Å². The van der Waals surface area contributed by atoms with Crippen LogP contribution in [0.15, 0.2) is 48.5 Å². The Morgan fingerprint density at radius 3 is 2.40 bits per heavy atom. The van der Waals surface area contributed by atoms with E-state index in [2.05, 4.69) is 10.9 Å². The fourth-order valence-corrected chi connectivity index (χ4v) is 2.80. The predicted octanol–water partition coefficient (Wildman–Crippen LogP) is 2.18. The molecule has 1 aliphatic rings. The molecule has 2 N–H and O–H groups in total. The third-order valence-corrected chi connectivity index (χ3v) is 4.28. The molecule has 12 heteroatoms. The molecule has 0 radical (unpaired) electrons. The first kappa shape index (κ1) is 20.9. The van der Waals surface area contributed by atoms with Crippen LogP contribution in [0.2, 0.25) is 0 Å². The molecule has 0 aromatic heterocycles. The number of anilines is 1. The lowest BCUT2D eigenvalue weighted by molar-refractivity contribution is -0.384. The van der Waals surface area contributed by atoms with Crippen molar-refractivity contribution in [1.29, 1.82) is 0 Å². The van der Waals surface area contributed by atoms with Crippen LogP contribution >= 0.6 is 0 Å². The number of carbonyl (C=O) groups excluding carboxylic acids is 3. The lowest BCUT2D eigenvalue weighted by Gasteiger charge is -2.17. The van der Waals surface area contributed by atoms with Crippen LogP contribution in [0.1, 0.15) is 22.3 Å². The Balaban J connectivity index is 1.68. The van der Waals surface area contributed by atoms with Crippen molar-refractivity contribution < 1.29 is 32.5 Å². The molecule has 1 fully saturated rings. The van der Waals surface area contributed by atoms with Gasteiger partial charge < -0.3 is 0 Å². The summed E-state index contributed by atoms with van der Waals surface area (Å²) >= 11 is 0. The number of rotatable bonds is 5. The van der Waals surface area contributed by atoms with Crippen molar-refractivity contribution in [3.8, 4) is 0 Å². The third-order valence-electron chi connectivity index (χ3n) is 4.28. The summed E-state index contributed by atoms with van der Waals surface area (Å²) < 4.78 is 38.6. The van der Waals surface area contributed by atoms with Crippen LogP contribution in [0.25, 0.3) is 0 Å². The van der Waals surface area contributed by atoms with E-state index in [0.717, 1.165) is 24.3 Å². The third kappa shape index (κ3) is 4.27. The molecule has 0 aliphatic carbocycles. The fourth-order valence-electron chi connectivity index (χ4n) is 2.80. The van der Waals surface area contributed by atoms with Gasteiger partial charge in [-0.3, -0.25) is 29.9 Å². The van der Waals surface area contributed by atoms with E-state index >= 15 is 0 Å². The van der Waals surface area contributed by atoms with E-state index in [1.807, 2.05) is 0 Å². The summed E-state index contributed by atoms with van der Waals surface area (Å²) in [4.78, 5) is 47.4. The zero-order valence-corrected chi connectivity index (χ0v) is 15.0. The van der Waals surface area contributed by atoms with Crippen molar-refractivity contribution >= 4 is 29.1 Å². The monoisotopic (exact) mass is 422 g/mol. The predicted molar refractivity (Wildman–Crippen MR) is 96.0 cm³/mol. The molecule has 0 unspecified atom stereocenters. The van der Waals surface area contributed by atoms with Crippen molar-refractivity contribution in [3.63, 3.8) is 0 Å². The Morgan fingerprint density at radius 1 is 1.13 bits per heavy atom. The van der Waals surface area contributed by atoms with E-state index < -0.39 is 40.4 Å². The molecule has 0 bridgehead atoms. The van der Waals surface area contributed by atoms with Gasteiger partial charge in [-0.1, -0.05) is 6.07 Å². The van der Waals surface area contributed by atoms with Gasteiger partial charge in [0.05, 0.1) is 22.6 Å². The number of non-ortho nitro benzene ring substituents is 1. The van der Waals surface area contributed by atoms with Gasteiger partial charge in [0, 0.05) is 17.7 Å². The highest BCUT2D eigenvalue weighted by atomic mass is 19.4. The largest absolute Gasteiger partial charge is 0.416 e. The molecule has 1 saturated heterocycles. The highest BCUT2D eigenvalue weighted by Crippen LogP contribution is 2.33. The Bertz CT molecular complexity index is 1020. The molecule has 0 saturated carbocycles. The minimum absolute atomic E-state index is 0.0552. The molecule has 30 heavy (non-hydrogen) atoms. The molecule has 1 atom stereocenters. The summed E-state index contributed by atoms with van der Waals surface area (Å²) in [5.41, 5.74) is 3.18. The summed E-state index contributed by atoms with van der Waals surface area (Å²) in [6.45, 7) is 0. The zero-order valence-electron chi connectivity index (χ0n) is 15.0. The van der Waals surface area contributed by atoms with Crippen LogP contribution in [0.3, 0.4) is 0 Å². The van der Waals surface area contributed by atoms with Gasteiger partial charge in [0.1, 0.15) is 6.04 Å². The number of hydrazine groups is 1. The minimum Gasteiger partial charge on any atom is -0.287 e. The molecule has 1 aliphatic heterocycles. The zero-order chi connectivity index (χ0) is 22.1. The number of hydrogen-bond donors (Lipinski definition) is 2. The minimum atomic E-state index is -4.64. The Hall–Kier alpha value is -3.80. The summed E-state index contributed by atoms with van der Waals surface area (Å²) in [6, 6.07) is 7.23. The van der Waals surface area contributed by atoms with Crippen LogP contribution in [-0.4, -0.2) is 28.7 Å². The normalized spacial score (nSPS) is 16.6. The van der Waals surface area contributed by atoms with Gasteiger partial charge in [-0.05, 0) is 30.3 Å². The number of benzene rings is 2. The van der Waals surface area contributed by atoms with Crippen LogP contribution in [-0.2, 0) is 15.8 Å². The first-order valence-corrected chi connectivity index (χ1v) is 8.42. The van der Waals surface area contributed by atoms with Crippen molar-refractivity contribution in [2.45, 2.75) is 18.6 Å². The van der Waals surface area contributed by atoms with E-state index in [-0.39, 0.29) is 23.4 Å². The highest BCUT2D eigenvalue weighted by Gasteiger charge is 2.40. The van der Waals surface area contributed by atoms with Crippen molar-refractivity contribution in [1.82, 2.24) is 10.9 Å². The number of nitrogens with one attached hydrogen (secondary N) is 2. The van der Waals surface area contributed by atoms with Gasteiger partial charge in [-0.25, -0.2) is 10.3 Å². The first-order chi connectivity index (χ1) is 14.1. The van der Waals surface area contributed by atoms with E-state index in [1.165, 1.54) is 18.2 Å². The van der Waals surface area contributed by atoms with E-state index in [4.69, 9.17) is 0 Å². The lowest BCUT2D eigenvalue weighted by Crippen LogP contribution is -2.48. The van der Waals surface area contributed by atoms with Crippen molar-refractivity contribution in [2.24, 2.45) is 0 Å². The molecule has 1 heterocycles. The molecule has 2 aromatic carbocycles. The number of hydrogen-bond acceptors (Lipinski definition) is 6. The van der Waals surface area contributed by atoms with Crippen molar-refractivity contribution in [2.75, 3.05) is 4.90 Å². The van der Waals surface area contributed by atoms with E-state index in [1.54, 1.807) is 0 Å². The van der Waals surface area contributed by atoms with Crippen LogP contribution in [0, 0.1) is 10.1 Å². The van der Waals surface area contributed by atoms with Gasteiger partial charge in [0.15, 0.2) is 0 Å². The van der Waals surface area contributed by atoms with Crippen LogP contribution in [0.5, 0.6) is 0 Å². The molecular formula is C18H13F3N4O5. The number of imide groups is 1. The standard InChI is InChI=1S/C18H13F3N4O5/c19-18(20,21)11-2-1-3-13(8-11)24-15(26)9-14(17(24)28)22-23-16(27)10-4-6-12(7-5-10)25(29)30/h1-8,14,22H,9H2,(H,23,27)/t14-/m1/s1. The number of amides is 3. The molecule has 3 rings (SSSR count). The van der Waals surface area contributed by atoms with Gasteiger partial charge in [-0.15, -0.1) is 0 Å². The van der Waals surface area contributed by atoms with Crippen molar-refractivity contribution in [3.05, 3.63) is 69.8 Å². The maximum absolute atomic E-state index is 12.9. The number of halogens is 3. The topological polar surface area (TPSA) is 122 Å². The van der Waals surface area contributed by atoms with E-state index in [0.29, 0.717) is 11.0 Å². The Morgan fingerprint density at radius 2 is 1.80 bits per heavy atom. The molecule has 0 spiro atoms. The summed E-state index contributed by atoms with van der Waals surface area (Å²) in [5, 5.41) is 10.6. The fraction of sp³-hybridized carbons (Fsp3) is 0.167. The van der Waals surface area contributed by atoms with Gasteiger partial charge in [0.25, 0.3) is 17.5 Å². The quantitative estimate of drug-likeness (QED) is 0.433. The number of carbonyl (C=O) groups is 3. The number of nitro benzene ring substituents is 1. The SMILES string of the molecule is O=C(NN[C@@H]1CC(=O)N(c2cccc(C(F)(F)F)c2)C1=O)c1ccc([N+](=O)[O-])cc1. The second-order valence-corrected chi connectivity index (χ2v) is 6.27. The maximum Gasteiger partial charge on any atom is 0.416 e. The van der Waals surface area contributed by atoms with Gasteiger partial charge >= 0.3 is 6.18 Å². The highest BCUT2D eigenvalue weighted by molar-refractivity contribution is 6.22. The molecule has 3 amide bonds. The summed E-state index contributed by atoms with van der Waals surface area (Å²) in [7, 11) is 0. The second kappa shape index (κ2) is 7.91. The number of alkyl halides is 3. The Kier molecular flexibility index (Phi) is 5.52. The average molecular weight is 422 g/mol. The number of nitro groups is 1. The maximum atomic E-state index is 12.9. The molecule has 156 valence electrons. The first-order valence-electron chi connectivity index (χ1n) is 8.42. The molecule has 2 aromatic rings. The van der Waals surface area contributed by atoms with Gasteiger partial charge in [-0.2, -0.15) is 13.2 Å². The Labute approximate surface area is 166 Å². The van der Waals surface area contributed by atoms with Gasteiger partial charge in [0.2, 0.25) is 5.91 Å². The van der Waals surface area contributed by atoms with E-state index in [9.17, 15) is 37.7 Å².